The Kier molecular flexibility index (Phi) is 3.80. The van der Waals surface area contributed by atoms with E-state index in [0.29, 0.717) is 5.25 Å². The van der Waals surface area contributed by atoms with Crippen molar-refractivity contribution in [1.82, 2.24) is 4.98 Å². The third-order valence-corrected chi connectivity index (χ3v) is 6.42. The molecule has 19 heavy (non-hydrogen) atoms. The second-order valence-corrected chi connectivity index (χ2v) is 7.38. The molecule has 0 aliphatic carbocycles. The Morgan fingerprint density at radius 3 is 2.95 bits per heavy atom. The molecule has 0 radical (unpaired) electrons. The van der Waals surface area contributed by atoms with Gasteiger partial charge in [-0.2, -0.15) is 11.8 Å². The maximum absolute atomic E-state index is 12.6. The van der Waals surface area contributed by atoms with Gasteiger partial charge in [-0.25, -0.2) is 0 Å². The zero-order valence-corrected chi connectivity index (χ0v) is 12.3. The number of carbonyl (C=O) groups excluding carboxylic acids is 1. The number of fused-ring (bicyclic) bond motifs is 1. The molecule has 2 heterocycles. The molecule has 1 aliphatic rings. The minimum atomic E-state index is 0.0906. The van der Waals surface area contributed by atoms with E-state index in [1.807, 2.05) is 42.1 Å². The summed E-state index contributed by atoms with van der Waals surface area (Å²) in [7, 11) is 0. The van der Waals surface area contributed by atoms with Crippen LogP contribution in [0.4, 0.5) is 0 Å². The first-order valence-electron chi connectivity index (χ1n) is 6.38. The van der Waals surface area contributed by atoms with Gasteiger partial charge in [-0.3, -0.25) is 9.78 Å². The van der Waals surface area contributed by atoms with Crippen LogP contribution in [0.25, 0.3) is 10.9 Å². The van der Waals surface area contributed by atoms with Crippen molar-refractivity contribution < 1.29 is 4.79 Å². The fourth-order valence-corrected chi connectivity index (χ4v) is 5.04. The van der Waals surface area contributed by atoms with Crippen LogP contribution in [-0.4, -0.2) is 32.8 Å². The van der Waals surface area contributed by atoms with Gasteiger partial charge in [-0.05, 0) is 24.3 Å². The van der Waals surface area contributed by atoms with Crippen molar-refractivity contribution in [2.75, 3.05) is 11.5 Å². The Morgan fingerprint density at radius 1 is 1.26 bits per heavy atom. The molecule has 1 aromatic heterocycles. The molecular weight excluding hydrogens is 274 g/mol. The van der Waals surface area contributed by atoms with Crippen molar-refractivity contribution in [2.45, 2.75) is 17.4 Å². The molecule has 0 saturated carbocycles. The molecule has 2 unspecified atom stereocenters. The molecule has 3 rings (SSSR count). The van der Waals surface area contributed by atoms with E-state index in [1.54, 1.807) is 18.0 Å². The number of carbonyl (C=O) groups is 1. The average molecular weight is 289 g/mol. The van der Waals surface area contributed by atoms with E-state index in [2.05, 4.69) is 11.9 Å². The largest absolute Gasteiger partial charge is 0.293 e. The topological polar surface area (TPSA) is 30.0 Å². The van der Waals surface area contributed by atoms with Crippen LogP contribution in [-0.2, 0) is 0 Å². The second-order valence-electron chi connectivity index (χ2n) is 4.64. The molecule has 2 nitrogen and oxygen atoms in total. The second kappa shape index (κ2) is 5.55. The molecular formula is C15H15NOS2. The predicted octanol–water partition coefficient (Wildman–Crippen LogP) is 3.65. The summed E-state index contributed by atoms with van der Waals surface area (Å²) in [6.45, 7) is 2.15. The standard InChI is InChI=1S/C15H15NOS2/c1-10-15(19-8-7-18-10)14(17)12-4-5-13-11(9-12)3-2-6-16-13/h2-6,9-10,15H,7-8H2,1H3. The summed E-state index contributed by atoms with van der Waals surface area (Å²) in [6.07, 6.45) is 1.78. The van der Waals surface area contributed by atoms with Crippen LogP contribution < -0.4 is 0 Å². The summed E-state index contributed by atoms with van der Waals surface area (Å²) in [5, 5.41) is 1.53. The summed E-state index contributed by atoms with van der Waals surface area (Å²) in [5.41, 5.74) is 1.75. The molecule has 98 valence electrons. The quantitative estimate of drug-likeness (QED) is 0.789. The Balaban J connectivity index is 1.92. The summed E-state index contributed by atoms with van der Waals surface area (Å²) < 4.78 is 0. The molecule has 0 N–H and O–H groups in total. The zero-order chi connectivity index (χ0) is 13.2. The molecule has 1 saturated heterocycles. The fourth-order valence-electron chi connectivity index (χ4n) is 2.31. The van der Waals surface area contributed by atoms with Crippen LogP contribution in [0.2, 0.25) is 0 Å². The number of thioether (sulfide) groups is 2. The highest BCUT2D eigenvalue weighted by Gasteiger charge is 2.29. The van der Waals surface area contributed by atoms with Gasteiger partial charge in [-0.15, -0.1) is 11.8 Å². The molecule has 0 spiro atoms. The number of rotatable bonds is 2. The van der Waals surface area contributed by atoms with E-state index < -0.39 is 0 Å². The third kappa shape index (κ3) is 2.65. The van der Waals surface area contributed by atoms with E-state index in [0.717, 1.165) is 28.0 Å². The monoisotopic (exact) mass is 289 g/mol. The van der Waals surface area contributed by atoms with Crippen LogP contribution in [0.3, 0.4) is 0 Å². The molecule has 0 amide bonds. The van der Waals surface area contributed by atoms with Gasteiger partial charge in [0.25, 0.3) is 0 Å². The van der Waals surface area contributed by atoms with E-state index in [9.17, 15) is 4.79 Å². The lowest BCUT2D eigenvalue weighted by molar-refractivity contribution is 0.0989. The van der Waals surface area contributed by atoms with Crippen LogP contribution in [0.15, 0.2) is 36.5 Å². The van der Waals surface area contributed by atoms with Gasteiger partial charge in [0.15, 0.2) is 5.78 Å². The number of aromatic nitrogens is 1. The van der Waals surface area contributed by atoms with Crippen molar-refractivity contribution in [3.63, 3.8) is 0 Å². The number of ketones is 1. The lowest BCUT2D eigenvalue weighted by Gasteiger charge is -2.26. The van der Waals surface area contributed by atoms with Crippen LogP contribution >= 0.6 is 23.5 Å². The minimum absolute atomic E-state index is 0.0906. The Bertz CT molecular complexity index is 614. The highest BCUT2D eigenvalue weighted by molar-refractivity contribution is 8.07. The minimum Gasteiger partial charge on any atom is -0.293 e. The molecule has 1 fully saturated rings. The van der Waals surface area contributed by atoms with Crippen LogP contribution in [0, 0.1) is 0 Å². The first-order valence-corrected chi connectivity index (χ1v) is 8.47. The normalized spacial score (nSPS) is 23.4. The van der Waals surface area contributed by atoms with Crippen molar-refractivity contribution in [3.05, 3.63) is 42.1 Å². The number of pyridine rings is 1. The average Bonchev–Trinajstić information content (AvgIpc) is 2.46. The number of hydrogen-bond acceptors (Lipinski definition) is 4. The van der Waals surface area contributed by atoms with E-state index in [1.165, 1.54) is 0 Å². The van der Waals surface area contributed by atoms with Crippen molar-refractivity contribution in [1.29, 1.82) is 0 Å². The van der Waals surface area contributed by atoms with Crippen molar-refractivity contribution in [3.8, 4) is 0 Å². The SMILES string of the molecule is CC1SCCSC1C(=O)c1ccc2ncccc2c1. The summed E-state index contributed by atoms with van der Waals surface area (Å²) >= 11 is 3.69. The van der Waals surface area contributed by atoms with Gasteiger partial charge in [0.2, 0.25) is 0 Å². The van der Waals surface area contributed by atoms with Crippen LogP contribution in [0.1, 0.15) is 17.3 Å². The lowest BCUT2D eigenvalue weighted by atomic mass is 10.0. The van der Waals surface area contributed by atoms with Gasteiger partial charge < -0.3 is 0 Å². The van der Waals surface area contributed by atoms with Crippen LogP contribution in [0.5, 0.6) is 0 Å². The van der Waals surface area contributed by atoms with Gasteiger partial charge in [0.05, 0.1) is 10.8 Å². The smallest absolute Gasteiger partial charge is 0.176 e. The van der Waals surface area contributed by atoms with E-state index in [-0.39, 0.29) is 11.0 Å². The van der Waals surface area contributed by atoms with Gasteiger partial charge in [0, 0.05) is 33.9 Å². The Hall–Kier alpha value is -1.00. The number of hydrogen-bond donors (Lipinski definition) is 0. The van der Waals surface area contributed by atoms with Crippen molar-refractivity contribution in [2.24, 2.45) is 0 Å². The number of nitrogens with zero attached hydrogens (tertiary/aromatic N) is 1. The maximum atomic E-state index is 12.6. The van der Waals surface area contributed by atoms with E-state index in [4.69, 9.17) is 0 Å². The lowest BCUT2D eigenvalue weighted by Crippen LogP contribution is -2.31. The first kappa shape index (κ1) is 13.0. The van der Waals surface area contributed by atoms with Gasteiger partial charge >= 0.3 is 0 Å². The molecule has 1 aliphatic heterocycles. The summed E-state index contributed by atoms with van der Waals surface area (Å²) in [5.74, 6) is 2.48. The summed E-state index contributed by atoms with van der Waals surface area (Å²) in [6, 6.07) is 9.73. The predicted molar refractivity (Wildman–Crippen MR) is 84.2 cm³/mol. The Morgan fingerprint density at radius 2 is 2.11 bits per heavy atom. The van der Waals surface area contributed by atoms with E-state index >= 15 is 0 Å². The molecule has 0 bridgehead atoms. The fraction of sp³-hybridized carbons (Fsp3) is 0.333. The highest BCUT2D eigenvalue weighted by atomic mass is 32.2. The van der Waals surface area contributed by atoms with Gasteiger partial charge in [-0.1, -0.05) is 13.0 Å². The summed E-state index contributed by atoms with van der Waals surface area (Å²) in [4.78, 5) is 16.9. The zero-order valence-electron chi connectivity index (χ0n) is 10.7. The Labute approximate surface area is 121 Å². The highest BCUT2D eigenvalue weighted by Crippen LogP contribution is 2.33. The van der Waals surface area contributed by atoms with Crippen molar-refractivity contribution >= 4 is 40.2 Å². The van der Waals surface area contributed by atoms with Gasteiger partial charge in [0.1, 0.15) is 0 Å². The first-order chi connectivity index (χ1) is 9.25. The molecule has 1 aromatic carbocycles. The number of benzene rings is 1. The molecule has 2 aromatic rings. The number of Topliss-reactive ketones (excluding diaryl/α,β-unsaturated/α-hetero) is 1. The molecule has 4 heteroatoms. The maximum Gasteiger partial charge on any atom is 0.176 e. The third-order valence-electron chi connectivity index (χ3n) is 3.33. The molecule has 2 atom stereocenters.